The first kappa shape index (κ1) is 25.2. The average molecular weight is 532 g/mol. The Bertz CT molecular complexity index is 818. The van der Waals surface area contributed by atoms with Crippen LogP contribution in [-0.2, 0) is 10.0 Å². The van der Waals surface area contributed by atoms with Gasteiger partial charge in [0.1, 0.15) is 5.75 Å². The molecule has 2 rings (SSSR count). The first-order valence-electron chi connectivity index (χ1n) is 9.36. The monoisotopic (exact) mass is 532 g/mol. The van der Waals surface area contributed by atoms with Crippen molar-refractivity contribution in [2.24, 2.45) is 4.99 Å². The van der Waals surface area contributed by atoms with Crippen LogP contribution in [0.2, 0.25) is 0 Å². The van der Waals surface area contributed by atoms with E-state index < -0.39 is 10.0 Å². The molecule has 7 nitrogen and oxygen atoms in total. The van der Waals surface area contributed by atoms with E-state index in [2.05, 4.69) is 20.3 Å². The topological polar surface area (TPSA) is 91.8 Å². The van der Waals surface area contributed by atoms with Crippen LogP contribution in [0.4, 0.5) is 0 Å². The Balaban J connectivity index is 0.00000420. The SMILES string of the molecule is CCNC(=NCCCOc1ccccc1)NCCNS(=O)(=O)c1ccccc1.I. The summed E-state index contributed by atoms with van der Waals surface area (Å²) >= 11 is 0. The van der Waals surface area contributed by atoms with Crippen LogP contribution in [0.3, 0.4) is 0 Å². The Morgan fingerprint density at radius 1 is 0.966 bits per heavy atom. The fourth-order valence-electron chi connectivity index (χ4n) is 2.35. The molecule has 160 valence electrons. The maximum absolute atomic E-state index is 12.2. The van der Waals surface area contributed by atoms with Crippen molar-refractivity contribution in [1.82, 2.24) is 15.4 Å². The first-order valence-corrected chi connectivity index (χ1v) is 10.8. The predicted molar refractivity (Wildman–Crippen MR) is 128 cm³/mol. The van der Waals surface area contributed by atoms with Crippen LogP contribution in [0.5, 0.6) is 5.75 Å². The highest BCUT2D eigenvalue weighted by Crippen LogP contribution is 2.08. The standard InChI is InChI=1S/C20H28N4O3S.HI/c1-2-21-20(22-14-9-17-27-18-10-5-3-6-11-18)23-15-16-24-28(25,26)19-12-7-4-8-13-19;/h3-8,10-13,24H,2,9,14-17H2,1H3,(H2,21,22,23);1H. The van der Waals surface area contributed by atoms with E-state index in [1.54, 1.807) is 30.3 Å². The van der Waals surface area contributed by atoms with Crippen molar-refractivity contribution in [2.75, 3.05) is 32.8 Å². The van der Waals surface area contributed by atoms with E-state index >= 15 is 0 Å². The van der Waals surface area contributed by atoms with Crippen LogP contribution in [-0.4, -0.2) is 47.2 Å². The summed E-state index contributed by atoms with van der Waals surface area (Å²) in [6.45, 7) is 4.59. The van der Waals surface area contributed by atoms with Crippen LogP contribution in [0.25, 0.3) is 0 Å². The van der Waals surface area contributed by atoms with Crippen molar-refractivity contribution in [3.05, 3.63) is 60.7 Å². The lowest BCUT2D eigenvalue weighted by Crippen LogP contribution is -2.41. The van der Waals surface area contributed by atoms with Crippen molar-refractivity contribution >= 4 is 40.0 Å². The molecule has 0 radical (unpaired) electrons. The van der Waals surface area contributed by atoms with Gasteiger partial charge in [-0.2, -0.15) is 0 Å². The lowest BCUT2D eigenvalue weighted by Gasteiger charge is -2.12. The van der Waals surface area contributed by atoms with E-state index in [0.717, 1.165) is 18.7 Å². The number of hydrogen-bond donors (Lipinski definition) is 3. The molecule has 0 atom stereocenters. The lowest BCUT2D eigenvalue weighted by atomic mass is 10.3. The molecular formula is C20H29IN4O3S. The Morgan fingerprint density at radius 2 is 1.62 bits per heavy atom. The number of nitrogens with zero attached hydrogens (tertiary/aromatic N) is 1. The largest absolute Gasteiger partial charge is 0.494 e. The van der Waals surface area contributed by atoms with E-state index in [-0.39, 0.29) is 35.4 Å². The normalized spacial score (nSPS) is 11.4. The van der Waals surface area contributed by atoms with Crippen molar-refractivity contribution in [2.45, 2.75) is 18.2 Å². The van der Waals surface area contributed by atoms with Crippen molar-refractivity contribution in [3.63, 3.8) is 0 Å². The maximum atomic E-state index is 12.2. The Kier molecular flexibility index (Phi) is 12.3. The molecule has 0 aliphatic carbocycles. The Morgan fingerprint density at radius 3 is 2.28 bits per heavy atom. The molecule has 2 aromatic carbocycles. The molecule has 29 heavy (non-hydrogen) atoms. The molecule has 9 heteroatoms. The zero-order valence-electron chi connectivity index (χ0n) is 16.5. The molecule has 0 saturated carbocycles. The Labute approximate surface area is 190 Å². The number of rotatable bonds is 11. The molecule has 0 amide bonds. The van der Waals surface area contributed by atoms with Gasteiger partial charge in [0, 0.05) is 32.6 Å². The summed E-state index contributed by atoms with van der Waals surface area (Å²) in [5.41, 5.74) is 0. The van der Waals surface area contributed by atoms with E-state index in [1.165, 1.54) is 0 Å². The second kappa shape index (κ2) is 14.2. The number of sulfonamides is 1. The van der Waals surface area contributed by atoms with Gasteiger partial charge in [-0.1, -0.05) is 36.4 Å². The van der Waals surface area contributed by atoms with E-state index in [1.807, 2.05) is 37.3 Å². The number of benzene rings is 2. The highest BCUT2D eigenvalue weighted by atomic mass is 127. The summed E-state index contributed by atoms with van der Waals surface area (Å²) in [5.74, 6) is 1.50. The lowest BCUT2D eigenvalue weighted by molar-refractivity contribution is 0.313. The number of ether oxygens (including phenoxy) is 1. The molecule has 0 fully saturated rings. The van der Waals surface area contributed by atoms with Gasteiger partial charge >= 0.3 is 0 Å². The summed E-state index contributed by atoms with van der Waals surface area (Å²) in [4.78, 5) is 4.73. The smallest absolute Gasteiger partial charge is 0.240 e. The second-order valence-electron chi connectivity index (χ2n) is 5.91. The summed E-state index contributed by atoms with van der Waals surface area (Å²) in [6, 6.07) is 18.0. The zero-order chi connectivity index (χ0) is 20.1. The van der Waals surface area contributed by atoms with Crippen LogP contribution in [0, 0.1) is 0 Å². The quantitative estimate of drug-likeness (QED) is 0.179. The number of aliphatic imine (C=N–C) groups is 1. The van der Waals surface area contributed by atoms with E-state index in [0.29, 0.717) is 25.7 Å². The van der Waals surface area contributed by atoms with E-state index in [9.17, 15) is 8.42 Å². The maximum Gasteiger partial charge on any atom is 0.240 e. The van der Waals surface area contributed by atoms with Crippen molar-refractivity contribution in [1.29, 1.82) is 0 Å². The molecule has 0 bridgehead atoms. The minimum absolute atomic E-state index is 0. The second-order valence-corrected chi connectivity index (χ2v) is 7.68. The van der Waals surface area contributed by atoms with E-state index in [4.69, 9.17) is 4.74 Å². The number of guanidine groups is 1. The summed E-state index contributed by atoms with van der Waals surface area (Å²) < 4.78 is 32.5. The zero-order valence-corrected chi connectivity index (χ0v) is 19.7. The molecule has 0 unspecified atom stereocenters. The number of halogens is 1. The summed E-state index contributed by atoms with van der Waals surface area (Å²) in [6.07, 6.45) is 0.784. The highest BCUT2D eigenvalue weighted by Gasteiger charge is 2.11. The highest BCUT2D eigenvalue weighted by molar-refractivity contribution is 14.0. The third-order valence-electron chi connectivity index (χ3n) is 3.69. The van der Waals surface area contributed by atoms with Gasteiger partial charge in [-0.25, -0.2) is 13.1 Å². The molecular weight excluding hydrogens is 503 g/mol. The Hall–Kier alpha value is -1.85. The van der Waals surface area contributed by atoms with Crippen LogP contribution in [0.15, 0.2) is 70.6 Å². The van der Waals surface area contributed by atoms with Crippen molar-refractivity contribution in [3.8, 4) is 5.75 Å². The van der Waals surface area contributed by atoms with Gasteiger partial charge in [-0.15, -0.1) is 24.0 Å². The molecule has 0 aliphatic heterocycles. The summed E-state index contributed by atoms with van der Waals surface area (Å²) in [5, 5.41) is 6.27. The van der Waals surface area contributed by atoms with Crippen LogP contribution in [0.1, 0.15) is 13.3 Å². The van der Waals surface area contributed by atoms with Gasteiger partial charge in [0.2, 0.25) is 10.0 Å². The summed E-state index contributed by atoms with van der Waals surface area (Å²) in [7, 11) is -3.49. The molecule has 2 aromatic rings. The molecule has 0 aliphatic rings. The van der Waals surface area contributed by atoms with Gasteiger partial charge in [0.25, 0.3) is 0 Å². The third kappa shape index (κ3) is 9.95. The average Bonchev–Trinajstić information content (AvgIpc) is 2.72. The molecule has 0 aromatic heterocycles. The first-order chi connectivity index (χ1) is 13.6. The van der Waals surface area contributed by atoms with Crippen LogP contribution >= 0.6 is 24.0 Å². The fourth-order valence-corrected chi connectivity index (χ4v) is 3.41. The number of nitrogens with one attached hydrogen (secondary N) is 3. The molecule has 0 spiro atoms. The molecule has 0 heterocycles. The van der Waals surface area contributed by atoms with Gasteiger partial charge in [-0.3, -0.25) is 4.99 Å². The van der Waals surface area contributed by atoms with Gasteiger partial charge in [-0.05, 0) is 31.2 Å². The van der Waals surface area contributed by atoms with Gasteiger partial charge in [0.15, 0.2) is 5.96 Å². The van der Waals surface area contributed by atoms with Crippen molar-refractivity contribution < 1.29 is 13.2 Å². The molecule has 3 N–H and O–H groups in total. The molecule has 0 saturated heterocycles. The minimum Gasteiger partial charge on any atom is -0.494 e. The fraction of sp³-hybridized carbons (Fsp3) is 0.350. The minimum atomic E-state index is -3.49. The van der Waals surface area contributed by atoms with Gasteiger partial charge < -0.3 is 15.4 Å². The van der Waals surface area contributed by atoms with Crippen LogP contribution < -0.4 is 20.1 Å². The predicted octanol–water partition coefficient (Wildman–Crippen LogP) is 2.61. The van der Waals surface area contributed by atoms with Gasteiger partial charge in [0.05, 0.1) is 11.5 Å². The third-order valence-corrected chi connectivity index (χ3v) is 5.17. The number of para-hydroxylation sites is 1. The number of hydrogen-bond acceptors (Lipinski definition) is 4.